The highest BCUT2D eigenvalue weighted by Gasteiger charge is 2.44. The average molecular weight is 689 g/mol. The lowest BCUT2D eigenvalue weighted by Gasteiger charge is -2.45. The van der Waals surface area contributed by atoms with Gasteiger partial charge in [-0.2, -0.15) is 0 Å². The van der Waals surface area contributed by atoms with Gasteiger partial charge >= 0.3 is 0 Å². The molecule has 0 aliphatic rings. The van der Waals surface area contributed by atoms with E-state index in [1.54, 1.807) is 0 Å². The highest BCUT2D eigenvalue weighted by Crippen LogP contribution is 2.44. The Hall–Kier alpha value is 0.354. The molecule has 0 spiro atoms. The van der Waals surface area contributed by atoms with E-state index in [-0.39, 0.29) is 66.3 Å². The molecule has 0 heterocycles. The lowest BCUT2D eigenvalue weighted by molar-refractivity contribution is -0.0422. The summed E-state index contributed by atoms with van der Waals surface area (Å²) in [5.74, 6) is 1.02. The molecule has 0 aromatic heterocycles. The van der Waals surface area contributed by atoms with E-state index < -0.39 is 16.6 Å². The van der Waals surface area contributed by atoms with E-state index >= 15 is 0 Å². The van der Waals surface area contributed by atoms with Crippen molar-refractivity contribution in [3.8, 4) is 0 Å². The van der Waals surface area contributed by atoms with Gasteiger partial charge in [0.1, 0.15) is 0 Å². The summed E-state index contributed by atoms with van der Waals surface area (Å²) in [7, 11) is -1.38. The van der Waals surface area contributed by atoms with Gasteiger partial charge in [0.2, 0.25) is 0 Å². The van der Waals surface area contributed by atoms with Gasteiger partial charge in [0.05, 0.1) is 24.7 Å². The summed E-state index contributed by atoms with van der Waals surface area (Å²) in [6.45, 7) is 43.0. The largest absolute Gasteiger partial charge is 0.413 e. The number of aliphatic hydroxyl groups is 1. The number of hydrogen-bond donors (Lipinski definition) is 1. The van der Waals surface area contributed by atoms with Crippen LogP contribution in [-0.4, -0.2) is 59.7 Å². The van der Waals surface area contributed by atoms with Crippen LogP contribution in [0.1, 0.15) is 89.5 Å². The zero-order valence-electron chi connectivity index (χ0n) is 32.0. The SMILES string of the molecule is C=C/C=C\[C@H](C)[C@H](OCP(C)P)[C@@H](C)[C@H](O[Si](C)(C)C(C)(C)C)[C@@H](C)C/C(C)=C\[C@H](C)[C@@H](O[Si](C)(C)C(C)(C)C)[C@@H](C)CO. The van der Waals surface area contributed by atoms with Gasteiger partial charge in [-0.25, -0.2) is 0 Å². The molecule has 0 aromatic carbocycles. The molecule has 0 aliphatic carbocycles. The molecule has 1 N–H and O–H groups in total. The van der Waals surface area contributed by atoms with Crippen LogP contribution in [0.25, 0.3) is 0 Å². The molecular formula is C36H74O4P2Si2. The second kappa shape index (κ2) is 18.8. The molecule has 260 valence electrons. The molecule has 0 aliphatic heterocycles. The van der Waals surface area contributed by atoms with E-state index in [2.05, 4.69) is 144 Å². The predicted molar refractivity (Wildman–Crippen MR) is 207 cm³/mol. The molecule has 8 heteroatoms. The third-order valence-electron chi connectivity index (χ3n) is 10.2. The summed E-state index contributed by atoms with van der Waals surface area (Å²) in [6, 6.07) is 0. The summed E-state index contributed by atoms with van der Waals surface area (Å²) in [5.41, 5.74) is 1.36. The van der Waals surface area contributed by atoms with E-state index in [1.807, 2.05) is 12.2 Å². The molecule has 0 saturated heterocycles. The van der Waals surface area contributed by atoms with Crippen LogP contribution in [0.4, 0.5) is 0 Å². The van der Waals surface area contributed by atoms with Gasteiger partial charge in [0, 0.05) is 24.4 Å². The summed E-state index contributed by atoms with van der Waals surface area (Å²) in [5, 5.41) is 10.4. The molecule has 0 aromatic rings. The van der Waals surface area contributed by atoms with Crippen LogP contribution in [0.15, 0.2) is 36.5 Å². The number of hydrogen-bond acceptors (Lipinski definition) is 4. The van der Waals surface area contributed by atoms with Crippen LogP contribution in [0, 0.1) is 29.6 Å². The van der Waals surface area contributed by atoms with Gasteiger partial charge in [-0.05, 0) is 68.1 Å². The monoisotopic (exact) mass is 688 g/mol. The van der Waals surface area contributed by atoms with E-state index in [0.717, 1.165) is 12.8 Å². The summed E-state index contributed by atoms with van der Waals surface area (Å²) < 4.78 is 20.9. The van der Waals surface area contributed by atoms with E-state index in [4.69, 9.17) is 13.6 Å². The van der Waals surface area contributed by atoms with Crippen molar-refractivity contribution >= 4 is 33.2 Å². The van der Waals surface area contributed by atoms with E-state index in [9.17, 15) is 5.11 Å². The van der Waals surface area contributed by atoms with Crippen molar-refractivity contribution in [2.45, 2.75) is 144 Å². The van der Waals surface area contributed by atoms with Crippen molar-refractivity contribution < 1.29 is 18.7 Å². The fourth-order valence-electron chi connectivity index (χ4n) is 5.39. The Morgan fingerprint density at radius 1 is 0.841 bits per heavy atom. The first-order valence-electron chi connectivity index (χ1n) is 16.8. The van der Waals surface area contributed by atoms with Crippen molar-refractivity contribution in [2.24, 2.45) is 29.6 Å². The average Bonchev–Trinajstić information content (AvgIpc) is 2.86. The standard InChI is InChI=1S/C36H74O4P2Si2/c1-19-20-21-27(3)33(38-25-42(14)41)31(7)34(40-44(17,18)36(11,12)13)29(5)23-26(2)22-28(4)32(30(6)24-37)39-43(15,16)35(8,9)10/h19-22,27-34,37H,1,23-25,41H2,2-18H3/b21-20-,26-22-/t27-,28-,29-,30-,31+,32+,33-,34+,42?/m0/s1. The van der Waals surface area contributed by atoms with Gasteiger partial charge in [-0.1, -0.05) is 120 Å². The molecular weight excluding hydrogens is 615 g/mol. The Morgan fingerprint density at radius 2 is 1.32 bits per heavy atom. The number of rotatable bonds is 19. The topological polar surface area (TPSA) is 47.9 Å². The van der Waals surface area contributed by atoms with Crippen LogP contribution in [0.5, 0.6) is 0 Å². The minimum absolute atomic E-state index is 0.0181. The summed E-state index contributed by atoms with van der Waals surface area (Å²) in [4.78, 5) is 0. The van der Waals surface area contributed by atoms with Gasteiger partial charge in [-0.15, -0.1) is 8.93 Å². The molecule has 0 fully saturated rings. The quantitative estimate of drug-likeness (QED) is 0.0635. The minimum Gasteiger partial charge on any atom is -0.413 e. The highest BCUT2D eigenvalue weighted by molar-refractivity contribution is 8.13. The molecule has 0 amide bonds. The van der Waals surface area contributed by atoms with Crippen molar-refractivity contribution in [2.75, 3.05) is 19.6 Å². The molecule has 0 radical (unpaired) electrons. The Morgan fingerprint density at radius 3 is 1.73 bits per heavy atom. The molecule has 2 unspecified atom stereocenters. The maximum absolute atomic E-state index is 10.1. The second-order valence-electron chi connectivity index (χ2n) is 16.8. The molecule has 0 rings (SSSR count). The summed E-state index contributed by atoms with van der Waals surface area (Å²) in [6.07, 6.45) is 10.3. The lowest BCUT2D eigenvalue weighted by atomic mass is 9.81. The van der Waals surface area contributed by atoms with Crippen LogP contribution in [-0.2, 0) is 13.6 Å². The first-order valence-corrected chi connectivity index (χ1v) is 26.2. The molecule has 0 bridgehead atoms. The highest BCUT2D eigenvalue weighted by atomic mass is 32.0. The first kappa shape index (κ1) is 44.4. The molecule has 44 heavy (non-hydrogen) atoms. The normalized spacial score (nSPS) is 20.5. The third kappa shape index (κ3) is 14.2. The maximum Gasteiger partial charge on any atom is 0.192 e. The predicted octanol–water partition coefficient (Wildman–Crippen LogP) is 11.3. The fraction of sp³-hybridized carbons (Fsp3) is 0.833. The van der Waals surface area contributed by atoms with Gasteiger partial charge in [0.15, 0.2) is 16.6 Å². The van der Waals surface area contributed by atoms with Crippen LogP contribution in [0.2, 0.25) is 36.3 Å². The number of aliphatic hydroxyl groups excluding tert-OH is 1. The van der Waals surface area contributed by atoms with Crippen molar-refractivity contribution in [1.82, 2.24) is 0 Å². The number of ether oxygens (including phenoxy) is 1. The number of allylic oxidation sites excluding steroid dienone is 3. The van der Waals surface area contributed by atoms with Crippen LogP contribution < -0.4 is 0 Å². The Kier molecular flexibility index (Phi) is 18.9. The fourth-order valence-corrected chi connectivity index (χ4v) is 9.02. The smallest absolute Gasteiger partial charge is 0.192 e. The maximum atomic E-state index is 10.1. The van der Waals surface area contributed by atoms with Gasteiger partial charge in [0.25, 0.3) is 0 Å². The molecule has 0 saturated carbocycles. The third-order valence-corrected chi connectivity index (χ3v) is 20.1. The first-order chi connectivity index (χ1) is 19.8. The zero-order chi connectivity index (χ0) is 34.8. The Labute approximate surface area is 280 Å². The van der Waals surface area contributed by atoms with Crippen molar-refractivity contribution in [3.63, 3.8) is 0 Å². The summed E-state index contributed by atoms with van der Waals surface area (Å²) >= 11 is 0. The van der Waals surface area contributed by atoms with Crippen LogP contribution in [0.3, 0.4) is 0 Å². The molecule has 10 atom stereocenters. The Bertz CT molecular complexity index is 905. The lowest BCUT2D eigenvalue weighted by Crippen LogP contribution is -2.50. The van der Waals surface area contributed by atoms with Gasteiger partial charge in [-0.3, -0.25) is 0 Å². The van der Waals surface area contributed by atoms with Crippen molar-refractivity contribution in [1.29, 1.82) is 0 Å². The van der Waals surface area contributed by atoms with Crippen molar-refractivity contribution in [3.05, 3.63) is 36.5 Å². The molecule has 4 nitrogen and oxygen atoms in total. The minimum atomic E-state index is -2.06. The van der Waals surface area contributed by atoms with E-state index in [0.29, 0.717) is 5.92 Å². The van der Waals surface area contributed by atoms with E-state index in [1.165, 1.54) is 5.57 Å². The van der Waals surface area contributed by atoms with Crippen LogP contribution >= 0.6 is 16.5 Å². The zero-order valence-corrected chi connectivity index (χ0v) is 36.0. The van der Waals surface area contributed by atoms with Gasteiger partial charge < -0.3 is 18.7 Å². The second-order valence-corrected chi connectivity index (χ2v) is 30.7. The Balaban J connectivity index is 6.49.